The monoisotopic (exact) mass is 318 g/mol. The third-order valence-corrected chi connectivity index (χ3v) is 4.76. The maximum Gasteiger partial charge on any atom is 0.263 e. The molecule has 2 rings (SSSR count). The smallest absolute Gasteiger partial charge is 0.263 e. The van der Waals surface area contributed by atoms with Gasteiger partial charge in [-0.1, -0.05) is 31.2 Å². The largest absolute Gasteiger partial charge is 0.396 e. The number of rotatable bonds is 6. The number of aliphatic hydroxyl groups excluding tert-OH is 1. The summed E-state index contributed by atoms with van der Waals surface area (Å²) < 4.78 is 0. The van der Waals surface area contributed by atoms with Crippen molar-refractivity contribution in [3.05, 3.63) is 40.4 Å². The van der Waals surface area contributed by atoms with Gasteiger partial charge in [0.1, 0.15) is 9.88 Å². The van der Waals surface area contributed by atoms with Gasteiger partial charge in [-0.05, 0) is 32.3 Å². The van der Waals surface area contributed by atoms with Gasteiger partial charge < -0.3 is 10.4 Å². The van der Waals surface area contributed by atoms with Crippen LogP contribution in [-0.4, -0.2) is 28.6 Å². The Bertz CT molecular complexity index is 635. The summed E-state index contributed by atoms with van der Waals surface area (Å²) in [5.74, 6) is -0.118. The van der Waals surface area contributed by atoms with E-state index in [1.807, 2.05) is 26.0 Å². The number of thiazole rings is 1. The molecule has 5 heteroatoms. The van der Waals surface area contributed by atoms with Gasteiger partial charge in [0.2, 0.25) is 0 Å². The molecule has 1 aromatic carbocycles. The van der Waals surface area contributed by atoms with Crippen LogP contribution in [0.4, 0.5) is 0 Å². The van der Waals surface area contributed by atoms with Crippen molar-refractivity contribution in [2.75, 3.05) is 6.61 Å². The SMILES string of the molecule is CCc1ccc(-c2nc(C)c(C(=O)NC(C)CCO)s2)cc1. The number of benzene rings is 1. The second-order valence-electron chi connectivity index (χ2n) is 5.37. The van der Waals surface area contributed by atoms with E-state index in [9.17, 15) is 4.79 Å². The predicted octanol–water partition coefficient (Wildman–Crippen LogP) is 3.18. The Hall–Kier alpha value is -1.72. The Labute approximate surface area is 135 Å². The van der Waals surface area contributed by atoms with Gasteiger partial charge in [0.15, 0.2) is 0 Å². The topological polar surface area (TPSA) is 62.2 Å². The molecule has 1 atom stereocenters. The molecule has 0 saturated heterocycles. The predicted molar refractivity (Wildman–Crippen MR) is 90.3 cm³/mol. The van der Waals surface area contributed by atoms with Crippen LogP contribution in [0.1, 0.15) is 41.2 Å². The van der Waals surface area contributed by atoms with Gasteiger partial charge in [0.25, 0.3) is 5.91 Å². The van der Waals surface area contributed by atoms with E-state index in [1.165, 1.54) is 16.9 Å². The minimum absolute atomic E-state index is 0.0497. The van der Waals surface area contributed by atoms with Crippen molar-refractivity contribution < 1.29 is 9.90 Å². The Morgan fingerprint density at radius 1 is 1.36 bits per heavy atom. The van der Waals surface area contributed by atoms with E-state index < -0.39 is 0 Å². The maximum atomic E-state index is 12.3. The molecule has 0 bridgehead atoms. The van der Waals surface area contributed by atoms with E-state index in [4.69, 9.17) is 5.11 Å². The van der Waals surface area contributed by atoms with Gasteiger partial charge in [-0.25, -0.2) is 4.98 Å². The van der Waals surface area contributed by atoms with E-state index in [1.54, 1.807) is 0 Å². The highest BCUT2D eigenvalue weighted by Crippen LogP contribution is 2.28. The lowest BCUT2D eigenvalue weighted by atomic mass is 10.1. The standard InChI is InChI=1S/C17H22N2O2S/c1-4-13-5-7-14(8-6-13)17-19-12(3)15(22-17)16(21)18-11(2)9-10-20/h5-8,11,20H,4,9-10H2,1-3H3,(H,18,21). The van der Waals surface area contributed by atoms with E-state index in [-0.39, 0.29) is 18.6 Å². The summed E-state index contributed by atoms with van der Waals surface area (Å²) in [4.78, 5) is 17.4. The van der Waals surface area contributed by atoms with Gasteiger partial charge in [-0.15, -0.1) is 11.3 Å². The second-order valence-corrected chi connectivity index (χ2v) is 6.37. The molecule has 0 saturated carbocycles. The molecule has 1 amide bonds. The maximum absolute atomic E-state index is 12.3. The molecule has 0 aliphatic heterocycles. The number of aryl methyl sites for hydroxylation is 2. The zero-order valence-electron chi connectivity index (χ0n) is 13.2. The Balaban J connectivity index is 2.18. The first-order valence-corrected chi connectivity index (χ1v) is 8.35. The summed E-state index contributed by atoms with van der Waals surface area (Å²) in [5, 5.41) is 12.7. The average Bonchev–Trinajstić information content (AvgIpc) is 2.89. The molecule has 1 unspecified atom stereocenters. The van der Waals surface area contributed by atoms with E-state index >= 15 is 0 Å². The number of hydrogen-bond donors (Lipinski definition) is 2. The van der Waals surface area contributed by atoms with Gasteiger partial charge in [0, 0.05) is 18.2 Å². The van der Waals surface area contributed by atoms with Gasteiger partial charge in [0.05, 0.1) is 5.69 Å². The first-order chi connectivity index (χ1) is 10.5. The third kappa shape index (κ3) is 3.93. The van der Waals surface area contributed by atoms with Crippen LogP contribution in [0.3, 0.4) is 0 Å². The molecule has 0 aliphatic rings. The molecule has 4 nitrogen and oxygen atoms in total. The molecule has 1 heterocycles. The van der Waals surface area contributed by atoms with E-state index in [0.29, 0.717) is 11.3 Å². The molecular formula is C17H22N2O2S. The van der Waals surface area contributed by atoms with Gasteiger partial charge >= 0.3 is 0 Å². The molecule has 2 N–H and O–H groups in total. The van der Waals surface area contributed by atoms with Crippen LogP contribution in [0.2, 0.25) is 0 Å². The number of amides is 1. The Kier molecular flexibility index (Phi) is 5.69. The fourth-order valence-electron chi connectivity index (χ4n) is 2.17. The first-order valence-electron chi connectivity index (χ1n) is 7.53. The molecule has 0 spiro atoms. The van der Waals surface area contributed by atoms with Crippen LogP contribution in [0.5, 0.6) is 0 Å². The average molecular weight is 318 g/mol. The number of hydrogen-bond acceptors (Lipinski definition) is 4. The van der Waals surface area contributed by atoms with Crippen LogP contribution in [0.15, 0.2) is 24.3 Å². The van der Waals surface area contributed by atoms with Crippen LogP contribution >= 0.6 is 11.3 Å². The highest BCUT2D eigenvalue weighted by atomic mass is 32.1. The minimum atomic E-state index is -0.118. The number of aliphatic hydroxyl groups is 1. The summed E-state index contributed by atoms with van der Waals surface area (Å²) in [7, 11) is 0. The van der Waals surface area contributed by atoms with E-state index in [0.717, 1.165) is 22.7 Å². The van der Waals surface area contributed by atoms with E-state index in [2.05, 4.69) is 29.4 Å². The molecule has 118 valence electrons. The molecule has 22 heavy (non-hydrogen) atoms. The van der Waals surface area contributed by atoms with Crippen LogP contribution in [0.25, 0.3) is 10.6 Å². The summed E-state index contributed by atoms with van der Waals surface area (Å²) in [5.41, 5.74) is 3.06. The lowest BCUT2D eigenvalue weighted by Gasteiger charge is -2.11. The lowest BCUT2D eigenvalue weighted by molar-refractivity contribution is 0.0937. The molecule has 0 aliphatic carbocycles. The van der Waals surface area contributed by atoms with Crippen molar-refractivity contribution in [3.63, 3.8) is 0 Å². The molecule has 1 aromatic heterocycles. The van der Waals surface area contributed by atoms with Crippen molar-refractivity contribution in [2.24, 2.45) is 0 Å². The van der Waals surface area contributed by atoms with Crippen molar-refractivity contribution in [1.29, 1.82) is 0 Å². The zero-order valence-corrected chi connectivity index (χ0v) is 14.0. The van der Waals surface area contributed by atoms with Crippen molar-refractivity contribution in [1.82, 2.24) is 10.3 Å². The van der Waals surface area contributed by atoms with Crippen LogP contribution in [0, 0.1) is 6.92 Å². The van der Waals surface area contributed by atoms with Crippen molar-refractivity contribution in [3.8, 4) is 10.6 Å². The van der Waals surface area contributed by atoms with Gasteiger partial charge in [-0.3, -0.25) is 4.79 Å². The highest BCUT2D eigenvalue weighted by molar-refractivity contribution is 7.17. The third-order valence-electron chi connectivity index (χ3n) is 3.55. The number of carbonyl (C=O) groups is 1. The Morgan fingerprint density at radius 2 is 2.05 bits per heavy atom. The normalized spacial score (nSPS) is 12.2. The zero-order chi connectivity index (χ0) is 16.1. The Morgan fingerprint density at radius 3 is 2.64 bits per heavy atom. The quantitative estimate of drug-likeness (QED) is 0.860. The van der Waals surface area contributed by atoms with Crippen molar-refractivity contribution >= 4 is 17.2 Å². The van der Waals surface area contributed by atoms with Crippen LogP contribution < -0.4 is 5.32 Å². The number of nitrogens with one attached hydrogen (secondary N) is 1. The van der Waals surface area contributed by atoms with Crippen LogP contribution in [-0.2, 0) is 6.42 Å². The summed E-state index contributed by atoms with van der Waals surface area (Å²) >= 11 is 1.41. The second kappa shape index (κ2) is 7.51. The fourth-order valence-corrected chi connectivity index (χ4v) is 3.14. The minimum Gasteiger partial charge on any atom is -0.396 e. The first kappa shape index (κ1) is 16.6. The summed E-state index contributed by atoms with van der Waals surface area (Å²) in [6.45, 7) is 5.93. The lowest BCUT2D eigenvalue weighted by Crippen LogP contribution is -2.33. The number of nitrogens with zero attached hydrogens (tertiary/aromatic N) is 1. The highest BCUT2D eigenvalue weighted by Gasteiger charge is 2.17. The van der Waals surface area contributed by atoms with Gasteiger partial charge in [-0.2, -0.15) is 0 Å². The summed E-state index contributed by atoms with van der Waals surface area (Å²) in [6, 6.07) is 8.23. The number of aromatic nitrogens is 1. The molecular weight excluding hydrogens is 296 g/mol. The fraction of sp³-hybridized carbons (Fsp3) is 0.412. The molecule has 0 radical (unpaired) electrons. The number of carbonyl (C=O) groups excluding carboxylic acids is 1. The molecule has 0 fully saturated rings. The molecule has 2 aromatic rings. The van der Waals surface area contributed by atoms with Crippen molar-refractivity contribution in [2.45, 2.75) is 39.7 Å². The summed E-state index contributed by atoms with van der Waals surface area (Å²) in [6.07, 6.45) is 1.56.